The van der Waals surface area contributed by atoms with Crippen LogP contribution in [0.4, 0.5) is 0 Å². The smallest absolute Gasteiger partial charge is 0.194 e. The molecule has 1 aliphatic carbocycles. The monoisotopic (exact) mass is 384 g/mol. The van der Waals surface area contributed by atoms with Crippen molar-refractivity contribution in [3.05, 3.63) is 94.5 Å². The Kier molecular flexibility index (Phi) is 5.22. The lowest BCUT2D eigenvalue weighted by Gasteiger charge is -2.21. The fourth-order valence-electron chi connectivity index (χ4n) is 3.59. The summed E-state index contributed by atoms with van der Waals surface area (Å²) in [6.45, 7) is 4.87. The first-order valence-corrected chi connectivity index (χ1v) is 9.84. The van der Waals surface area contributed by atoms with Gasteiger partial charge in [0.05, 0.1) is 13.7 Å². The second-order valence-electron chi connectivity index (χ2n) is 7.59. The maximum Gasteiger partial charge on any atom is 0.194 e. The van der Waals surface area contributed by atoms with E-state index in [4.69, 9.17) is 9.47 Å². The highest BCUT2D eigenvalue weighted by molar-refractivity contribution is 6.20. The Hall–Kier alpha value is -3.33. The van der Waals surface area contributed by atoms with Crippen LogP contribution in [0.1, 0.15) is 46.5 Å². The Bertz CT molecular complexity index is 1040. The SMILES string of the molecule is COc1cc(C=C2c3ccccc3C(=O)c3ccccc32)ccc1OCC(C)C. The second kappa shape index (κ2) is 7.96. The summed E-state index contributed by atoms with van der Waals surface area (Å²) in [6.07, 6.45) is 2.11. The first kappa shape index (κ1) is 19.0. The van der Waals surface area contributed by atoms with Crippen molar-refractivity contribution in [1.29, 1.82) is 0 Å². The molecule has 3 aromatic rings. The van der Waals surface area contributed by atoms with Gasteiger partial charge >= 0.3 is 0 Å². The number of methoxy groups -OCH3 is 1. The molecule has 0 saturated carbocycles. The van der Waals surface area contributed by atoms with Gasteiger partial charge in [-0.2, -0.15) is 0 Å². The van der Waals surface area contributed by atoms with Gasteiger partial charge in [-0.1, -0.05) is 68.4 Å². The Morgan fingerprint density at radius 2 is 1.41 bits per heavy atom. The van der Waals surface area contributed by atoms with E-state index in [1.54, 1.807) is 7.11 Å². The van der Waals surface area contributed by atoms with Crippen molar-refractivity contribution in [2.75, 3.05) is 13.7 Å². The van der Waals surface area contributed by atoms with Gasteiger partial charge in [0.25, 0.3) is 0 Å². The van der Waals surface area contributed by atoms with Gasteiger partial charge in [0, 0.05) is 11.1 Å². The van der Waals surface area contributed by atoms with Crippen molar-refractivity contribution >= 4 is 17.4 Å². The van der Waals surface area contributed by atoms with Gasteiger partial charge in [0.15, 0.2) is 17.3 Å². The molecule has 0 radical (unpaired) electrons. The maximum atomic E-state index is 12.9. The van der Waals surface area contributed by atoms with E-state index in [0.29, 0.717) is 18.3 Å². The van der Waals surface area contributed by atoms with Crippen LogP contribution in [0.2, 0.25) is 0 Å². The van der Waals surface area contributed by atoms with Gasteiger partial charge in [-0.05, 0) is 46.4 Å². The van der Waals surface area contributed by atoms with E-state index in [2.05, 4.69) is 19.9 Å². The predicted octanol–water partition coefficient (Wildman–Crippen LogP) is 5.86. The first-order valence-electron chi connectivity index (χ1n) is 9.84. The van der Waals surface area contributed by atoms with E-state index in [9.17, 15) is 4.79 Å². The summed E-state index contributed by atoms with van der Waals surface area (Å²) in [4.78, 5) is 12.9. The van der Waals surface area contributed by atoms with Crippen LogP contribution in [-0.2, 0) is 0 Å². The third-order valence-corrected chi connectivity index (χ3v) is 4.99. The van der Waals surface area contributed by atoms with Crippen LogP contribution in [0.15, 0.2) is 66.7 Å². The van der Waals surface area contributed by atoms with E-state index >= 15 is 0 Å². The number of carbonyl (C=O) groups is 1. The molecule has 0 heterocycles. The molecule has 3 aromatic carbocycles. The molecule has 0 fully saturated rings. The van der Waals surface area contributed by atoms with Crippen molar-refractivity contribution in [3.8, 4) is 11.5 Å². The molecule has 4 rings (SSSR count). The quantitative estimate of drug-likeness (QED) is 0.432. The molecule has 1 aliphatic rings. The van der Waals surface area contributed by atoms with Crippen LogP contribution in [0.5, 0.6) is 11.5 Å². The average molecular weight is 384 g/mol. The zero-order valence-corrected chi connectivity index (χ0v) is 16.9. The minimum atomic E-state index is 0.0726. The standard InChI is InChI=1S/C26H24O3/c1-17(2)16-29-24-13-12-18(15-25(24)28-3)14-23-19-8-4-6-10-21(19)26(27)22-11-7-5-9-20(22)23/h4-15,17H,16H2,1-3H3. The van der Waals surface area contributed by atoms with Gasteiger partial charge in [-0.3, -0.25) is 4.79 Å². The van der Waals surface area contributed by atoms with Gasteiger partial charge < -0.3 is 9.47 Å². The van der Waals surface area contributed by atoms with Gasteiger partial charge in [0.1, 0.15) is 0 Å². The third-order valence-electron chi connectivity index (χ3n) is 4.99. The average Bonchev–Trinajstić information content (AvgIpc) is 2.75. The van der Waals surface area contributed by atoms with Crippen LogP contribution in [0.25, 0.3) is 11.6 Å². The highest BCUT2D eigenvalue weighted by atomic mass is 16.5. The molecule has 146 valence electrons. The van der Waals surface area contributed by atoms with Crippen LogP contribution in [0, 0.1) is 5.92 Å². The van der Waals surface area contributed by atoms with E-state index in [1.807, 2.05) is 66.7 Å². The first-order chi connectivity index (χ1) is 14.1. The van der Waals surface area contributed by atoms with Crippen molar-refractivity contribution < 1.29 is 14.3 Å². The summed E-state index contributed by atoms with van der Waals surface area (Å²) < 4.78 is 11.4. The molecule has 0 bridgehead atoms. The summed E-state index contributed by atoms with van der Waals surface area (Å²) in [6, 6.07) is 21.5. The molecule has 0 aliphatic heterocycles. The normalized spacial score (nSPS) is 12.4. The van der Waals surface area contributed by atoms with E-state index < -0.39 is 0 Å². The fourth-order valence-corrected chi connectivity index (χ4v) is 3.59. The number of rotatable bonds is 5. The zero-order chi connectivity index (χ0) is 20.4. The van der Waals surface area contributed by atoms with E-state index in [0.717, 1.165) is 39.1 Å². The number of hydrogen-bond donors (Lipinski definition) is 0. The molecular weight excluding hydrogens is 360 g/mol. The second-order valence-corrected chi connectivity index (χ2v) is 7.59. The predicted molar refractivity (Wildman–Crippen MR) is 117 cm³/mol. The number of ether oxygens (including phenoxy) is 2. The molecular formula is C26H24O3. The Balaban J connectivity index is 1.81. The van der Waals surface area contributed by atoms with E-state index in [1.165, 1.54) is 0 Å². The molecule has 0 amide bonds. The van der Waals surface area contributed by atoms with Crippen LogP contribution >= 0.6 is 0 Å². The number of carbonyl (C=O) groups excluding carboxylic acids is 1. The summed E-state index contributed by atoms with van der Waals surface area (Å²) in [5, 5.41) is 0. The molecule has 3 nitrogen and oxygen atoms in total. The van der Waals surface area contributed by atoms with Crippen molar-refractivity contribution in [2.45, 2.75) is 13.8 Å². The molecule has 0 atom stereocenters. The topological polar surface area (TPSA) is 35.5 Å². The van der Waals surface area contributed by atoms with Crippen molar-refractivity contribution in [1.82, 2.24) is 0 Å². The highest BCUT2D eigenvalue weighted by Gasteiger charge is 2.26. The lowest BCUT2D eigenvalue weighted by atomic mass is 9.81. The van der Waals surface area contributed by atoms with E-state index in [-0.39, 0.29) is 5.78 Å². The van der Waals surface area contributed by atoms with Crippen molar-refractivity contribution in [2.24, 2.45) is 5.92 Å². The lowest BCUT2D eigenvalue weighted by Crippen LogP contribution is -2.14. The van der Waals surface area contributed by atoms with Gasteiger partial charge in [0.2, 0.25) is 0 Å². The largest absolute Gasteiger partial charge is 0.493 e. The molecule has 0 unspecified atom stereocenters. The van der Waals surface area contributed by atoms with Crippen LogP contribution in [-0.4, -0.2) is 19.5 Å². The maximum absolute atomic E-state index is 12.9. The van der Waals surface area contributed by atoms with Crippen molar-refractivity contribution in [3.63, 3.8) is 0 Å². The molecule has 0 spiro atoms. The van der Waals surface area contributed by atoms with Crippen LogP contribution < -0.4 is 9.47 Å². The summed E-state index contributed by atoms with van der Waals surface area (Å²) in [5.41, 5.74) is 5.41. The molecule has 0 N–H and O–H groups in total. The number of benzene rings is 3. The Morgan fingerprint density at radius 1 is 0.828 bits per heavy atom. The number of ketones is 1. The lowest BCUT2D eigenvalue weighted by molar-refractivity contribution is 0.103. The fraction of sp³-hybridized carbons (Fsp3) is 0.192. The molecule has 3 heteroatoms. The summed E-state index contributed by atoms with van der Waals surface area (Å²) in [5.74, 6) is 1.95. The minimum Gasteiger partial charge on any atom is -0.493 e. The minimum absolute atomic E-state index is 0.0726. The summed E-state index contributed by atoms with van der Waals surface area (Å²) >= 11 is 0. The number of fused-ring (bicyclic) bond motifs is 2. The molecule has 0 aromatic heterocycles. The highest BCUT2D eigenvalue weighted by Crippen LogP contribution is 2.38. The third kappa shape index (κ3) is 3.68. The number of hydrogen-bond acceptors (Lipinski definition) is 3. The Labute approximate surface area is 171 Å². The molecule has 29 heavy (non-hydrogen) atoms. The summed E-state index contributed by atoms with van der Waals surface area (Å²) in [7, 11) is 1.65. The van der Waals surface area contributed by atoms with Crippen LogP contribution in [0.3, 0.4) is 0 Å². The Morgan fingerprint density at radius 3 is 1.97 bits per heavy atom. The molecule has 0 saturated heterocycles. The van der Waals surface area contributed by atoms with Gasteiger partial charge in [-0.25, -0.2) is 0 Å². The van der Waals surface area contributed by atoms with Gasteiger partial charge in [-0.15, -0.1) is 0 Å². The zero-order valence-electron chi connectivity index (χ0n) is 16.9.